The van der Waals surface area contributed by atoms with E-state index >= 15 is 0 Å². The van der Waals surface area contributed by atoms with Gasteiger partial charge in [0, 0.05) is 44.0 Å². The second-order valence-electron chi connectivity index (χ2n) is 6.56. The molecule has 1 fully saturated rings. The van der Waals surface area contributed by atoms with E-state index in [0.717, 1.165) is 43.1 Å². The van der Waals surface area contributed by atoms with Crippen LogP contribution < -0.4 is 10.1 Å². The summed E-state index contributed by atoms with van der Waals surface area (Å²) in [5.74, 6) is 2.36. The van der Waals surface area contributed by atoms with Gasteiger partial charge in [0.1, 0.15) is 11.6 Å². The quantitative estimate of drug-likeness (QED) is 0.871. The lowest BCUT2D eigenvalue weighted by Crippen LogP contribution is -2.42. The van der Waals surface area contributed by atoms with Crippen LogP contribution in [0, 0.1) is 0 Å². The summed E-state index contributed by atoms with van der Waals surface area (Å²) in [6.07, 6.45) is 6.05. The second kappa shape index (κ2) is 8.16. The van der Waals surface area contributed by atoms with Gasteiger partial charge in [-0.25, -0.2) is 4.98 Å². The Morgan fingerprint density at radius 3 is 3.00 bits per heavy atom. The topological polar surface area (TPSA) is 59.4 Å². The predicted molar refractivity (Wildman–Crippen MR) is 96.5 cm³/mol. The molecule has 1 atom stereocenters. The molecule has 0 spiro atoms. The Morgan fingerprint density at radius 2 is 2.24 bits per heavy atom. The van der Waals surface area contributed by atoms with Crippen molar-refractivity contribution in [1.29, 1.82) is 0 Å². The van der Waals surface area contributed by atoms with Crippen molar-refractivity contribution in [2.24, 2.45) is 7.05 Å². The van der Waals surface area contributed by atoms with Crippen molar-refractivity contribution < 1.29 is 9.53 Å². The van der Waals surface area contributed by atoms with Crippen LogP contribution in [0.4, 0.5) is 0 Å². The van der Waals surface area contributed by atoms with E-state index in [2.05, 4.69) is 19.8 Å². The van der Waals surface area contributed by atoms with Gasteiger partial charge in [-0.1, -0.05) is 18.2 Å². The van der Waals surface area contributed by atoms with Gasteiger partial charge in [0.25, 0.3) is 0 Å². The summed E-state index contributed by atoms with van der Waals surface area (Å²) in [6, 6.07) is 7.75. The molecular formula is C19H26N4O2. The number of ether oxygens (including phenoxy) is 1. The van der Waals surface area contributed by atoms with Crippen LogP contribution in [0.3, 0.4) is 0 Å². The van der Waals surface area contributed by atoms with Crippen LogP contribution in [-0.4, -0.2) is 47.1 Å². The first-order valence-electron chi connectivity index (χ1n) is 8.75. The van der Waals surface area contributed by atoms with Crippen LogP contribution >= 0.6 is 0 Å². The highest BCUT2D eigenvalue weighted by molar-refractivity contribution is 5.78. The van der Waals surface area contributed by atoms with E-state index in [0.29, 0.717) is 19.0 Å². The lowest BCUT2D eigenvalue weighted by molar-refractivity contribution is -0.122. The van der Waals surface area contributed by atoms with Crippen molar-refractivity contribution in [2.75, 3.05) is 26.7 Å². The molecule has 1 N–H and O–H groups in total. The summed E-state index contributed by atoms with van der Waals surface area (Å²) < 4.78 is 7.40. The molecule has 1 aromatic carbocycles. The van der Waals surface area contributed by atoms with Gasteiger partial charge < -0.3 is 14.6 Å². The number of methoxy groups -OCH3 is 1. The highest BCUT2D eigenvalue weighted by atomic mass is 16.5. The number of carbonyl (C=O) groups is 1. The molecule has 0 radical (unpaired) electrons. The van der Waals surface area contributed by atoms with Gasteiger partial charge in [-0.3, -0.25) is 9.69 Å². The molecular weight excluding hydrogens is 316 g/mol. The van der Waals surface area contributed by atoms with Crippen molar-refractivity contribution in [2.45, 2.75) is 25.3 Å². The number of nitrogens with zero attached hydrogens (tertiary/aromatic N) is 3. The summed E-state index contributed by atoms with van der Waals surface area (Å²) in [5, 5.41) is 3.00. The Labute approximate surface area is 148 Å². The van der Waals surface area contributed by atoms with Crippen molar-refractivity contribution in [1.82, 2.24) is 19.8 Å². The zero-order valence-electron chi connectivity index (χ0n) is 14.9. The first-order chi connectivity index (χ1) is 12.2. The van der Waals surface area contributed by atoms with E-state index in [4.69, 9.17) is 4.74 Å². The molecule has 0 unspecified atom stereocenters. The largest absolute Gasteiger partial charge is 0.496 e. The SMILES string of the molecule is COc1ccccc1CNC(=O)CN1CCC[C@H](c2nccn2C)C1. The van der Waals surface area contributed by atoms with Gasteiger partial charge in [-0.15, -0.1) is 0 Å². The molecule has 25 heavy (non-hydrogen) atoms. The first kappa shape index (κ1) is 17.5. The van der Waals surface area contributed by atoms with E-state index < -0.39 is 0 Å². The third-order valence-electron chi connectivity index (χ3n) is 4.76. The Balaban J connectivity index is 1.51. The van der Waals surface area contributed by atoms with Crippen molar-refractivity contribution in [3.05, 3.63) is 48.0 Å². The molecule has 6 heteroatoms. The summed E-state index contributed by atoms with van der Waals surface area (Å²) in [5.41, 5.74) is 0.989. The van der Waals surface area contributed by atoms with E-state index in [1.165, 1.54) is 0 Å². The first-order valence-corrected chi connectivity index (χ1v) is 8.75. The minimum Gasteiger partial charge on any atom is -0.496 e. The van der Waals surface area contributed by atoms with Gasteiger partial charge in [0.15, 0.2) is 0 Å². The molecule has 0 bridgehead atoms. The maximum absolute atomic E-state index is 12.3. The van der Waals surface area contributed by atoms with Gasteiger partial charge in [0.2, 0.25) is 5.91 Å². The minimum atomic E-state index is 0.0476. The fraction of sp³-hybridized carbons (Fsp3) is 0.474. The molecule has 0 aliphatic carbocycles. The van der Waals surface area contributed by atoms with E-state index in [-0.39, 0.29) is 5.91 Å². The normalized spacial score (nSPS) is 18.1. The molecule has 2 heterocycles. The molecule has 6 nitrogen and oxygen atoms in total. The van der Waals surface area contributed by atoms with Gasteiger partial charge in [0.05, 0.1) is 13.7 Å². The van der Waals surface area contributed by atoms with Crippen molar-refractivity contribution in [3.8, 4) is 5.75 Å². The summed E-state index contributed by atoms with van der Waals surface area (Å²) in [7, 11) is 3.67. The van der Waals surface area contributed by atoms with Crippen LogP contribution in [0.2, 0.25) is 0 Å². The Bertz CT molecular complexity index is 713. The summed E-state index contributed by atoms with van der Waals surface area (Å²) in [4.78, 5) is 19.0. The van der Waals surface area contributed by atoms with Gasteiger partial charge in [-0.2, -0.15) is 0 Å². The average molecular weight is 342 g/mol. The number of nitrogens with one attached hydrogen (secondary N) is 1. The Kier molecular flexibility index (Phi) is 5.71. The standard InChI is InChI=1S/C19H26N4O2/c1-22-11-9-20-19(22)16-7-5-10-23(13-16)14-18(24)21-12-15-6-3-4-8-17(15)25-2/h3-4,6,8-9,11,16H,5,7,10,12-14H2,1-2H3,(H,21,24)/t16-/m0/s1. The van der Waals surface area contributed by atoms with Crippen LogP contribution in [0.25, 0.3) is 0 Å². The maximum atomic E-state index is 12.3. The number of aromatic nitrogens is 2. The minimum absolute atomic E-state index is 0.0476. The van der Waals surface area contributed by atoms with E-state index in [1.54, 1.807) is 7.11 Å². The number of likely N-dealkylation sites (tertiary alicyclic amines) is 1. The number of piperidine rings is 1. The molecule has 134 valence electrons. The lowest BCUT2D eigenvalue weighted by Gasteiger charge is -2.31. The van der Waals surface area contributed by atoms with Crippen LogP contribution in [0.5, 0.6) is 5.75 Å². The fourth-order valence-electron chi connectivity index (χ4n) is 3.48. The number of hydrogen-bond acceptors (Lipinski definition) is 4. The number of aryl methyl sites for hydroxylation is 1. The third-order valence-corrected chi connectivity index (χ3v) is 4.76. The van der Waals surface area contributed by atoms with Gasteiger partial charge >= 0.3 is 0 Å². The lowest BCUT2D eigenvalue weighted by atomic mass is 9.97. The molecule has 1 aliphatic heterocycles. The zero-order valence-corrected chi connectivity index (χ0v) is 14.9. The van der Waals surface area contributed by atoms with Gasteiger partial charge in [-0.05, 0) is 25.5 Å². The molecule has 2 aromatic rings. The number of benzene rings is 1. The highest BCUT2D eigenvalue weighted by Gasteiger charge is 2.25. The predicted octanol–water partition coefficient (Wildman–Crippen LogP) is 1.92. The van der Waals surface area contributed by atoms with E-state index in [1.807, 2.05) is 43.7 Å². The summed E-state index contributed by atoms with van der Waals surface area (Å²) in [6.45, 7) is 2.76. The molecule has 1 amide bonds. The third kappa shape index (κ3) is 4.39. The van der Waals surface area contributed by atoms with Crippen LogP contribution in [0.15, 0.2) is 36.7 Å². The molecule has 3 rings (SSSR count). The van der Waals surface area contributed by atoms with Crippen molar-refractivity contribution in [3.63, 3.8) is 0 Å². The second-order valence-corrected chi connectivity index (χ2v) is 6.56. The monoisotopic (exact) mass is 342 g/mol. The van der Waals surface area contributed by atoms with Crippen LogP contribution in [-0.2, 0) is 18.4 Å². The number of carbonyl (C=O) groups excluding carboxylic acids is 1. The smallest absolute Gasteiger partial charge is 0.234 e. The number of amides is 1. The molecule has 1 aromatic heterocycles. The molecule has 1 saturated heterocycles. The van der Waals surface area contributed by atoms with E-state index in [9.17, 15) is 4.79 Å². The van der Waals surface area contributed by atoms with Crippen molar-refractivity contribution >= 4 is 5.91 Å². The Morgan fingerprint density at radius 1 is 1.40 bits per heavy atom. The number of rotatable bonds is 6. The summed E-state index contributed by atoms with van der Waals surface area (Å²) >= 11 is 0. The number of hydrogen-bond donors (Lipinski definition) is 1. The average Bonchev–Trinajstić information content (AvgIpc) is 3.06. The maximum Gasteiger partial charge on any atom is 0.234 e. The number of imidazole rings is 1. The fourth-order valence-corrected chi connectivity index (χ4v) is 3.48. The molecule has 1 aliphatic rings. The molecule has 0 saturated carbocycles. The zero-order chi connectivity index (χ0) is 17.6. The van der Waals surface area contributed by atoms with Crippen LogP contribution in [0.1, 0.15) is 30.1 Å². The Hall–Kier alpha value is -2.34. The highest BCUT2D eigenvalue weighted by Crippen LogP contribution is 2.25. The number of para-hydroxylation sites is 1.